The van der Waals surface area contributed by atoms with Gasteiger partial charge in [0.2, 0.25) is 0 Å². The van der Waals surface area contributed by atoms with Gasteiger partial charge in [-0.2, -0.15) is 0 Å². The fraction of sp³-hybridized carbons (Fsp3) is 0.368. The van der Waals surface area contributed by atoms with E-state index in [0.29, 0.717) is 6.54 Å². The number of rotatable bonds is 3. The van der Waals surface area contributed by atoms with E-state index in [2.05, 4.69) is 61.2 Å². The van der Waals surface area contributed by atoms with Crippen molar-refractivity contribution in [1.29, 1.82) is 0 Å². The topological polar surface area (TPSA) is 23.5 Å². The first kappa shape index (κ1) is 14.3. The van der Waals surface area contributed by atoms with Gasteiger partial charge in [0, 0.05) is 19.6 Å². The zero-order valence-electron chi connectivity index (χ0n) is 12.8. The van der Waals surface area contributed by atoms with E-state index in [1.165, 1.54) is 16.7 Å². The SMILES string of the molecule is Cc1cc(C)cc(C2(O)CCN(Cc3ccccc3)C2)c1. The van der Waals surface area contributed by atoms with Crippen molar-refractivity contribution in [3.05, 3.63) is 70.8 Å². The van der Waals surface area contributed by atoms with Gasteiger partial charge in [0.15, 0.2) is 0 Å². The summed E-state index contributed by atoms with van der Waals surface area (Å²) in [7, 11) is 0. The van der Waals surface area contributed by atoms with Gasteiger partial charge in [-0.1, -0.05) is 59.7 Å². The molecule has 0 spiro atoms. The lowest BCUT2D eigenvalue weighted by Crippen LogP contribution is -2.30. The Morgan fingerprint density at radius 2 is 1.71 bits per heavy atom. The minimum Gasteiger partial charge on any atom is -0.384 e. The predicted molar refractivity (Wildman–Crippen MR) is 86.1 cm³/mol. The van der Waals surface area contributed by atoms with Crippen LogP contribution in [0.3, 0.4) is 0 Å². The van der Waals surface area contributed by atoms with Crippen molar-refractivity contribution in [1.82, 2.24) is 4.90 Å². The Morgan fingerprint density at radius 3 is 2.38 bits per heavy atom. The maximum Gasteiger partial charge on any atom is 0.103 e. The first-order valence-corrected chi connectivity index (χ1v) is 7.63. The number of aryl methyl sites for hydroxylation is 2. The van der Waals surface area contributed by atoms with Crippen LogP contribution in [0.25, 0.3) is 0 Å². The summed E-state index contributed by atoms with van der Waals surface area (Å²) < 4.78 is 0. The van der Waals surface area contributed by atoms with Crippen LogP contribution in [0, 0.1) is 13.8 Å². The van der Waals surface area contributed by atoms with Crippen LogP contribution < -0.4 is 0 Å². The third-order valence-electron chi connectivity index (χ3n) is 4.33. The maximum atomic E-state index is 11.0. The molecule has 3 rings (SSSR count). The Hall–Kier alpha value is -1.64. The molecule has 1 fully saturated rings. The van der Waals surface area contributed by atoms with Crippen LogP contribution >= 0.6 is 0 Å². The van der Waals surface area contributed by atoms with E-state index in [1.807, 2.05) is 6.07 Å². The maximum absolute atomic E-state index is 11.0. The van der Waals surface area contributed by atoms with Crippen molar-refractivity contribution < 1.29 is 5.11 Å². The first-order chi connectivity index (χ1) is 10.0. The first-order valence-electron chi connectivity index (χ1n) is 7.63. The van der Waals surface area contributed by atoms with Crippen molar-refractivity contribution in [3.8, 4) is 0 Å². The lowest BCUT2D eigenvalue weighted by molar-refractivity contribution is 0.0452. The quantitative estimate of drug-likeness (QED) is 0.932. The normalized spacial score (nSPS) is 22.6. The molecule has 0 bridgehead atoms. The average molecular weight is 281 g/mol. The van der Waals surface area contributed by atoms with Crippen LogP contribution in [-0.2, 0) is 12.1 Å². The molecule has 2 aromatic rings. The molecule has 1 saturated heterocycles. The molecule has 110 valence electrons. The number of nitrogens with zero attached hydrogens (tertiary/aromatic N) is 1. The molecule has 0 aromatic heterocycles. The van der Waals surface area contributed by atoms with E-state index in [-0.39, 0.29) is 0 Å². The van der Waals surface area contributed by atoms with Gasteiger partial charge in [-0.25, -0.2) is 0 Å². The molecule has 2 aromatic carbocycles. The molecule has 1 N–H and O–H groups in total. The minimum atomic E-state index is -0.703. The average Bonchev–Trinajstić information content (AvgIpc) is 2.82. The molecular weight excluding hydrogens is 258 g/mol. The molecule has 1 heterocycles. The molecule has 0 radical (unpaired) electrons. The highest BCUT2D eigenvalue weighted by molar-refractivity contribution is 5.33. The molecule has 2 nitrogen and oxygen atoms in total. The van der Waals surface area contributed by atoms with Crippen molar-refractivity contribution in [2.45, 2.75) is 32.4 Å². The van der Waals surface area contributed by atoms with Crippen LogP contribution in [0.5, 0.6) is 0 Å². The zero-order chi connectivity index (χ0) is 14.9. The van der Waals surface area contributed by atoms with Gasteiger partial charge in [0.1, 0.15) is 5.60 Å². The number of aliphatic hydroxyl groups is 1. The summed E-state index contributed by atoms with van der Waals surface area (Å²) in [6, 6.07) is 16.9. The zero-order valence-corrected chi connectivity index (χ0v) is 12.8. The van der Waals surface area contributed by atoms with E-state index in [1.54, 1.807) is 0 Å². The van der Waals surface area contributed by atoms with Crippen LogP contribution in [0.15, 0.2) is 48.5 Å². The Kier molecular flexibility index (Phi) is 3.83. The molecule has 2 heteroatoms. The van der Waals surface area contributed by atoms with Gasteiger partial charge in [-0.05, 0) is 31.4 Å². The van der Waals surface area contributed by atoms with Gasteiger partial charge in [-0.3, -0.25) is 4.90 Å². The highest BCUT2D eigenvalue weighted by Crippen LogP contribution is 2.33. The number of β-amino-alcohol motifs (C(OH)–C–C–N with tert-alkyl or cyclic N) is 1. The minimum absolute atomic E-state index is 0.703. The summed E-state index contributed by atoms with van der Waals surface area (Å²) in [6.07, 6.45) is 0.808. The summed E-state index contributed by atoms with van der Waals surface area (Å²) >= 11 is 0. The molecular formula is C19H23NO. The van der Waals surface area contributed by atoms with E-state index in [4.69, 9.17) is 0 Å². The molecule has 0 aliphatic carbocycles. The molecule has 0 amide bonds. The van der Waals surface area contributed by atoms with E-state index < -0.39 is 5.60 Å². The van der Waals surface area contributed by atoms with Crippen molar-refractivity contribution in [3.63, 3.8) is 0 Å². The summed E-state index contributed by atoms with van der Waals surface area (Å²) in [5.74, 6) is 0. The number of hydrogen-bond acceptors (Lipinski definition) is 2. The second-order valence-corrected chi connectivity index (χ2v) is 6.35. The molecule has 1 aliphatic rings. The van der Waals surface area contributed by atoms with Crippen molar-refractivity contribution in [2.75, 3.05) is 13.1 Å². The van der Waals surface area contributed by atoms with E-state index in [0.717, 1.165) is 25.1 Å². The van der Waals surface area contributed by atoms with Gasteiger partial charge in [-0.15, -0.1) is 0 Å². The number of likely N-dealkylation sites (tertiary alicyclic amines) is 1. The molecule has 0 saturated carbocycles. The molecule has 21 heavy (non-hydrogen) atoms. The van der Waals surface area contributed by atoms with Crippen LogP contribution in [0.1, 0.15) is 28.7 Å². The fourth-order valence-electron chi connectivity index (χ4n) is 3.33. The third kappa shape index (κ3) is 3.17. The highest BCUT2D eigenvalue weighted by Gasteiger charge is 2.37. The standard InChI is InChI=1S/C19H23NO/c1-15-10-16(2)12-18(11-15)19(21)8-9-20(14-19)13-17-6-4-3-5-7-17/h3-7,10-12,21H,8-9,13-14H2,1-2H3. The smallest absolute Gasteiger partial charge is 0.103 e. The number of benzene rings is 2. The summed E-state index contributed by atoms with van der Waals surface area (Å²) in [6.45, 7) is 6.75. The van der Waals surface area contributed by atoms with Crippen molar-refractivity contribution >= 4 is 0 Å². The van der Waals surface area contributed by atoms with E-state index >= 15 is 0 Å². The van der Waals surface area contributed by atoms with Crippen molar-refractivity contribution in [2.24, 2.45) is 0 Å². The fourth-order valence-corrected chi connectivity index (χ4v) is 3.33. The molecule has 1 aliphatic heterocycles. The monoisotopic (exact) mass is 281 g/mol. The van der Waals surface area contributed by atoms with Gasteiger partial charge < -0.3 is 5.11 Å². The molecule has 1 atom stereocenters. The summed E-state index contributed by atoms with van der Waals surface area (Å²) in [5, 5.41) is 11.0. The third-order valence-corrected chi connectivity index (χ3v) is 4.33. The second-order valence-electron chi connectivity index (χ2n) is 6.35. The van der Waals surface area contributed by atoms with E-state index in [9.17, 15) is 5.11 Å². The second kappa shape index (κ2) is 5.63. The lowest BCUT2D eigenvalue weighted by Gasteiger charge is -2.25. The molecule has 1 unspecified atom stereocenters. The Morgan fingerprint density at radius 1 is 1.05 bits per heavy atom. The summed E-state index contributed by atoms with van der Waals surface area (Å²) in [4.78, 5) is 2.34. The summed E-state index contributed by atoms with van der Waals surface area (Å²) in [5.41, 5.74) is 4.11. The number of hydrogen-bond donors (Lipinski definition) is 1. The van der Waals surface area contributed by atoms with Gasteiger partial charge in [0.25, 0.3) is 0 Å². The van der Waals surface area contributed by atoms with Crippen LogP contribution in [0.2, 0.25) is 0 Å². The van der Waals surface area contributed by atoms with Crippen LogP contribution in [0.4, 0.5) is 0 Å². The van der Waals surface area contributed by atoms with Crippen LogP contribution in [-0.4, -0.2) is 23.1 Å². The Bertz CT molecular complexity index is 602. The highest BCUT2D eigenvalue weighted by atomic mass is 16.3. The predicted octanol–water partition coefficient (Wildman–Crippen LogP) is 3.40. The Labute approximate surface area is 127 Å². The van der Waals surface area contributed by atoms with Gasteiger partial charge in [0.05, 0.1) is 0 Å². The lowest BCUT2D eigenvalue weighted by atomic mass is 9.90. The van der Waals surface area contributed by atoms with Gasteiger partial charge >= 0.3 is 0 Å². The largest absolute Gasteiger partial charge is 0.384 e. The Balaban J connectivity index is 1.76.